The highest BCUT2D eigenvalue weighted by Gasteiger charge is 2.32. The molecule has 0 aromatic carbocycles. The van der Waals surface area contributed by atoms with Crippen molar-refractivity contribution in [1.82, 2.24) is 5.32 Å². The lowest BCUT2D eigenvalue weighted by Gasteiger charge is -2.20. The van der Waals surface area contributed by atoms with Gasteiger partial charge in [0.25, 0.3) is 0 Å². The fourth-order valence-electron chi connectivity index (χ4n) is 1.54. The monoisotopic (exact) mass is 163 g/mol. The van der Waals surface area contributed by atoms with Gasteiger partial charge >= 0.3 is 0 Å². The van der Waals surface area contributed by atoms with Crippen LogP contribution in [0.4, 0.5) is 0 Å². The number of ether oxygens (including phenoxy) is 1. The maximum Gasteiger partial charge on any atom is 0.0838 e. The van der Waals surface area contributed by atoms with Crippen molar-refractivity contribution in [2.75, 3.05) is 19.7 Å². The van der Waals surface area contributed by atoms with Crippen molar-refractivity contribution in [2.45, 2.75) is 18.9 Å². The van der Waals surface area contributed by atoms with Crippen LogP contribution < -0.4 is 5.32 Å². The third-order valence-corrected chi connectivity index (χ3v) is 2.27. The largest absolute Gasteiger partial charge is 0.373 e. The van der Waals surface area contributed by atoms with Crippen molar-refractivity contribution in [1.29, 1.82) is 0 Å². The molecule has 0 aromatic rings. The van der Waals surface area contributed by atoms with E-state index >= 15 is 0 Å². The third kappa shape index (κ3) is 1.84. The molecule has 10 heavy (non-hydrogen) atoms. The molecule has 2 fully saturated rings. The highest BCUT2D eigenvalue weighted by Crippen LogP contribution is 2.26. The van der Waals surface area contributed by atoms with Gasteiger partial charge in [0.2, 0.25) is 0 Å². The lowest BCUT2D eigenvalue weighted by atomic mass is 9.95. The Morgan fingerprint density at radius 3 is 2.30 bits per heavy atom. The van der Waals surface area contributed by atoms with E-state index in [1.54, 1.807) is 0 Å². The fraction of sp³-hybridized carbons (Fsp3) is 1.00. The summed E-state index contributed by atoms with van der Waals surface area (Å²) < 4.78 is 5.22. The van der Waals surface area contributed by atoms with Gasteiger partial charge in [0.1, 0.15) is 0 Å². The number of rotatable bonds is 1. The number of halogens is 1. The molecule has 1 unspecified atom stereocenters. The van der Waals surface area contributed by atoms with Crippen molar-refractivity contribution in [3.63, 3.8) is 0 Å². The minimum Gasteiger partial charge on any atom is -0.373 e. The SMILES string of the molecule is C1CC(C2CO2)CCN1.Cl. The molecule has 2 aliphatic heterocycles. The number of hydrogen-bond acceptors (Lipinski definition) is 2. The summed E-state index contributed by atoms with van der Waals surface area (Å²) in [5, 5.41) is 3.34. The van der Waals surface area contributed by atoms with Crippen LogP contribution in [-0.4, -0.2) is 25.8 Å². The predicted octanol–water partition coefficient (Wildman–Crippen LogP) is 0.807. The Bertz CT molecular complexity index is 99.8. The zero-order valence-corrected chi connectivity index (χ0v) is 6.82. The van der Waals surface area contributed by atoms with Gasteiger partial charge in [-0.05, 0) is 31.8 Å². The van der Waals surface area contributed by atoms with Gasteiger partial charge in [0.05, 0.1) is 12.7 Å². The first-order valence-electron chi connectivity index (χ1n) is 3.79. The van der Waals surface area contributed by atoms with E-state index in [0.717, 1.165) is 12.5 Å². The molecule has 2 saturated heterocycles. The maximum atomic E-state index is 5.22. The molecule has 2 heterocycles. The van der Waals surface area contributed by atoms with Crippen molar-refractivity contribution >= 4 is 12.4 Å². The highest BCUT2D eigenvalue weighted by molar-refractivity contribution is 5.85. The normalized spacial score (nSPS) is 33.0. The van der Waals surface area contributed by atoms with E-state index < -0.39 is 0 Å². The Morgan fingerprint density at radius 2 is 1.80 bits per heavy atom. The first kappa shape index (κ1) is 8.31. The molecule has 60 valence electrons. The molecular weight excluding hydrogens is 150 g/mol. The van der Waals surface area contributed by atoms with Crippen LogP contribution in [0.1, 0.15) is 12.8 Å². The summed E-state index contributed by atoms with van der Waals surface area (Å²) in [5.74, 6) is 0.881. The number of piperidine rings is 1. The number of hydrogen-bond donors (Lipinski definition) is 1. The van der Waals surface area contributed by atoms with E-state index in [2.05, 4.69) is 5.32 Å². The molecule has 0 aromatic heterocycles. The van der Waals surface area contributed by atoms with Crippen LogP contribution in [-0.2, 0) is 4.74 Å². The van der Waals surface area contributed by atoms with Gasteiger partial charge in [-0.15, -0.1) is 12.4 Å². The Labute approximate surface area is 67.7 Å². The van der Waals surface area contributed by atoms with Gasteiger partial charge in [0.15, 0.2) is 0 Å². The Kier molecular flexibility index (Phi) is 2.96. The molecule has 2 nitrogen and oxygen atoms in total. The summed E-state index contributed by atoms with van der Waals surface area (Å²) in [6, 6.07) is 0. The molecule has 1 atom stereocenters. The van der Waals surface area contributed by atoms with Gasteiger partial charge in [-0.3, -0.25) is 0 Å². The van der Waals surface area contributed by atoms with Crippen molar-refractivity contribution in [2.24, 2.45) is 5.92 Å². The van der Waals surface area contributed by atoms with Crippen LogP contribution in [0.25, 0.3) is 0 Å². The van der Waals surface area contributed by atoms with E-state index in [1.165, 1.54) is 25.9 Å². The topological polar surface area (TPSA) is 24.6 Å². The Morgan fingerprint density at radius 1 is 1.20 bits per heavy atom. The highest BCUT2D eigenvalue weighted by atomic mass is 35.5. The molecule has 0 saturated carbocycles. The first-order chi connectivity index (χ1) is 4.47. The number of epoxide rings is 1. The van der Waals surface area contributed by atoms with E-state index in [-0.39, 0.29) is 12.4 Å². The second kappa shape index (κ2) is 3.56. The zero-order chi connectivity index (χ0) is 6.10. The summed E-state index contributed by atoms with van der Waals surface area (Å²) in [4.78, 5) is 0. The Balaban J connectivity index is 0.000000500. The molecular formula is C7H14ClNO. The summed E-state index contributed by atoms with van der Waals surface area (Å²) in [6.07, 6.45) is 3.29. The molecule has 2 aliphatic rings. The van der Waals surface area contributed by atoms with Crippen LogP contribution in [0.5, 0.6) is 0 Å². The van der Waals surface area contributed by atoms with Crippen LogP contribution in [0.2, 0.25) is 0 Å². The van der Waals surface area contributed by atoms with Gasteiger partial charge in [-0.1, -0.05) is 0 Å². The van der Waals surface area contributed by atoms with Crippen LogP contribution >= 0.6 is 12.4 Å². The molecule has 0 aliphatic carbocycles. The second-order valence-electron chi connectivity index (χ2n) is 2.96. The van der Waals surface area contributed by atoms with E-state index in [9.17, 15) is 0 Å². The van der Waals surface area contributed by atoms with Crippen molar-refractivity contribution < 1.29 is 4.74 Å². The minimum absolute atomic E-state index is 0. The average Bonchev–Trinajstić information content (AvgIpc) is 2.71. The maximum absolute atomic E-state index is 5.22. The summed E-state index contributed by atoms with van der Waals surface area (Å²) >= 11 is 0. The van der Waals surface area contributed by atoms with Crippen LogP contribution in [0.15, 0.2) is 0 Å². The molecule has 0 spiro atoms. The molecule has 0 amide bonds. The van der Waals surface area contributed by atoms with E-state index in [4.69, 9.17) is 4.74 Å². The molecule has 2 rings (SSSR count). The first-order valence-corrected chi connectivity index (χ1v) is 3.79. The lowest BCUT2D eigenvalue weighted by molar-refractivity contribution is 0.275. The minimum atomic E-state index is 0. The molecule has 1 N–H and O–H groups in total. The average molecular weight is 164 g/mol. The van der Waals surface area contributed by atoms with Gasteiger partial charge < -0.3 is 10.1 Å². The van der Waals surface area contributed by atoms with E-state index in [0.29, 0.717) is 6.10 Å². The fourth-order valence-corrected chi connectivity index (χ4v) is 1.54. The lowest BCUT2D eigenvalue weighted by Crippen LogP contribution is -2.30. The van der Waals surface area contributed by atoms with Crippen molar-refractivity contribution in [3.8, 4) is 0 Å². The quantitative estimate of drug-likeness (QED) is 0.579. The second-order valence-corrected chi connectivity index (χ2v) is 2.96. The number of nitrogens with one attached hydrogen (secondary N) is 1. The summed E-state index contributed by atoms with van der Waals surface area (Å²) in [7, 11) is 0. The summed E-state index contributed by atoms with van der Waals surface area (Å²) in [6.45, 7) is 3.43. The zero-order valence-electron chi connectivity index (χ0n) is 6.01. The van der Waals surface area contributed by atoms with Gasteiger partial charge in [0, 0.05) is 0 Å². The van der Waals surface area contributed by atoms with Crippen LogP contribution in [0, 0.1) is 5.92 Å². The Hall–Kier alpha value is 0.210. The van der Waals surface area contributed by atoms with E-state index in [1.807, 2.05) is 0 Å². The standard InChI is InChI=1S/C7H13NO.ClH/c1-3-8-4-2-6(1)7-5-9-7;/h6-8H,1-5H2;1H. The molecule has 0 bridgehead atoms. The molecule has 0 radical (unpaired) electrons. The third-order valence-electron chi connectivity index (χ3n) is 2.27. The predicted molar refractivity (Wildman–Crippen MR) is 42.6 cm³/mol. The van der Waals surface area contributed by atoms with Gasteiger partial charge in [-0.25, -0.2) is 0 Å². The van der Waals surface area contributed by atoms with Gasteiger partial charge in [-0.2, -0.15) is 0 Å². The molecule has 3 heteroatoms. The van der Waals surface area contributed by atoms with Crippen molar-refractivity contribution in [3.05, 3.63) is 0 Å². The summed E-state index contributed by atoms with van der Waals surface area (Å²) in [5.41, 5.74) is 0. The smallest absolute Gasteiger partial charge is 0.0838 e. The van der Waals surface area contributed by atoms with Crippen LogP contribution in [0.3, 0.4) is 0 Å².